The Morgan fingerprint density at radius 3 is 2.75 bits per heavy atom. The molecule has 0 spiro atoms. The van der Waals surface area contributed by atoms with Gasteiger partial charge in [-0.25, -0.2) is 8.42 Å². The Balaban J connectivity index is 1.80. The maximum atomic E-state index is 12.8. The molecule has 7 nitrogen and oxygen atoms in total. The topological polar surface area (TPSA) is 88.9 Å². The molecule has 1 aliphatic rings. The van der Waals surface area contributed by atoms with Gasteiger partial charge in [0.05, 0.1) is 25.5 Å². The van der Waals surface area contributed by atoms with E-state index in [1.165, 1.54) is 16.6 Å². The average Bonchev–Trinajstić information content (AvgIpc) is 3.27. The molecule has 2 aromatic heterocycles. The van der Waals surface area contributed by atoms with E-state index < -0.39 is 15.9 Å². The number of hydrogen-bond acceptors (Lipinski definition) is 6. The summed E-state index contributed by atoms with van der Waals surface area (Å²) in [5, 5.41) is 4.38. The van der Waals surface area contributed by atoms with Crippen LogP contribution in [0.4, 0.5) is 0 Å². The lowest BCUT2D eigenvalue weighted by atomic mass is 10.2. The van der Waals surface area contributed by atoms with Gasteiger partial charge in [-0.1, -0.05) is 0 Å². The summed E-state index contributed by atoms with van der Waals surface area (Å²) >= 11 is 1.11. The van der Waals surface area contributed by atoms with Crippen LogP contribution < -0.4 is 5.32 Å². The Kier molecular flexibility index (Phi) is 5.04. The van der Waals surface area contributed by atoms with E-state index in [0.29, 0.717) is 32.1 Å². The first-order chi connectivity index (χ1) is 11.5. The number of nitrogens with one attached hydrogen (secondary N) is 1. The van der Waals surface area contributed by atoms with Crippen LogP contribution in [0.15, 0.2) is 39.2 Å². The third kappa shape index (κ3) is 3.39. The minimum absolute atomic E-state index is 0.0403. The van der Waals surface area contributed by atoms with Crippen molar-refractivity contribution in [2.75, 3.05) is 26.3 Å². The Labute approximate surface area is 144 Å². The van der Waals surface area contributed by atoms with Crippen molar-refractivity contribution in [1.82, 2.24) is 9.62 Å². The molecule has 1 atom stereocenters. The molecular formula is C15H18N2O5S2. The van der Waals surface area contributed by atoms with Crippen LogP contribution in [0.25, 0.3) is 0 Å². The van der Waals surface area contributed by atoms with Crippen molar-refractivity contribution in [3.63, 3.8) is 0 Å². The van der Waals surface area contributed by atoms with Crippen molar-refractivity contribution in [1.29, 1.82) is 0 Å². The fourth-order valence-electron chi connectivity index (χ4n) is 2.46. The number of nitrogens with zero attached hydrogens (tertiary/aromatic N) is 1. The van der Waals surface area contributed by atoms with Gasteiger partial charge in [0.25, 0.3) is 5.91 Å². The van der Waals surface area contributed by atoms with Crippen LogP contribution in [-0.2, 0) is 14.8 Å². The number of rotatable bonds is 5. The Morgan fingerprint density at radius 1 is 1.33 bits per heavy atom. The number of hydrogen-bond donors (Lipinski definition) is 1. The highest BCUT2D eigenvalue weighted by Gasteiger charge is 2.31. The standard InChI is InChI=1S/C15H18N2O5S2/c1-11(12-3-2-7-22-12)16-15(18)14-13(4-10-23-14)24(19,20)17-5-8-21-9-6-17/h2-4,7,10-11H,5-6,8-9H2,1H3,(H,16,18)/t11-/m1/s1. The van der Waals surface area contributed by atoms with Gasteiger partial charge < -0.3 is 14.5 Å². The lowest BCUT2D eigenvalue weighted by Gasteiger charge is -2.26. The second-order valence-electron chi connectivity index (χ2n) is 5.34. The Bertz CT molecular complexity index is 792. The van der Waals surface area contributed by atoms with E-state index >= 15 is 0 Å². The number of ether oxygens (including phenoxy) is 1. The molecule has 2 aromatic rings. The molecule has 0 unspecified atom stereocenters. The highest BCUT2D eigenvalue weighted by atomic mass is 32.2. The van der Waals surface area contributed by atoms with Crippen LogP contribution in [0.3, 0.4) is 0 Å². The lowest BCUT2D eigenvalue weighted by Crippen LogP contribution is -2.41. The van der Waals surface area contributed by atoms with Gasteiger partial charge in [-0.15, -0.1) is 11.3 Å². The van der Waals surface area contributed by atoms with E-state index in [1.807, 2.05) is 0 Å². The smallest absolute Gasteiger partial charge is 0.263 e. The van der Waals surface area contributed by atoms with Crippen molar-refractivity contribution in [3.05, 3.63) is 40.5 Å². The van der Waals surface area contributed by atoms with Gasteiger partial charge in [0.15, 0.2) is 0 Å². The summed E-state index contributed by atoms with van der Waals surface area (Å²) in [5.74, 6) is 0.179. The van der Waals surface area contributed by atoms with Crippen molar-refractivity contribution in [2.45, 2.75) is 17.9 Å². The molecule has 3 rings (SSSR count). The second-order valence-corrected chi connectivity index (χ2v) is 8.16. The third-order valence-corrected chi connectivity index (χ3v) is 6.72. The zero-order valence-electron chi connectivity index (χ0n) is 13.1. The number of morpholine rings is 1. The van der Waals surface area contributed by atoms with Gasteiger partial charge in [-0.3, -0.25) is 4.79 Å². The number of carbonyl (C=O) groups excluding carboxylic acids is 1. The molecule has 1 N–H and O–H groups in total. The molecule has 3 heterocycles. The minimum Gasteiger partial charge on any atom is -0.467 e. The lowest BCUT2D eigenvalue weighted by molar-refractivity contribution is 0.0730. The minimum atomic E-state index is -3.70. The largest absolute Gasteiger partial charge is 0.467 e. The van der Waals surface area contributed by atoms with E-state index in [2.05, 4.69) is 5.32 Å². The summed E-state index contributed by atoms with van der Waals surface area (Å²) in [6.07, 6.45) is 1.53. The molecular weight excluding hydrogens is 352 g/mol. The average molecular weight is 370 g/mol. The predicted octanol–water partition coefficient (Wildman–Crippen LogP) is 1.85. The molecule has 24 heavy (non-hydrogen) atoms. The van der Waals surface area contributed by atoms with Crippen molar-refractivity contribution >= 4 is 27.3 Å². The van der Waals surface area contributed by atoms with Gasteiger partial charge in [0, 0.05) is 13.1 Å². The van der Waals surface area contributed by atoms with Crippen molar-refractivity contribution in [3.8, 4) is 0 Å². The van der Waals surface area contributed by atoms with Crippen LogP contribution in [0.2, 0.25) is 0 Å². The molecule has 1 aliphatic heterocycles. The highest BCUT2D eigenvalue weighted by molar-refractivity contribution is 7.89. The van der Waals surface area contributed by atoms with Crippen molar-refractivity contribution in [2.24, 2.45) is 0 Å². The number of amides is 1. The molecule has 130 valence electrons. The Hall–Kier alpha value is -1.68. The first-order valence-corrected chi connectivity index (χ1v) is 9.82. The molecule has 1 fully saturated rings. The van der Waals surface area contributed by atoms with Crippen LogP contribution in [0.5, 0.6) is 0 Å². The van der Waals surface area contributed by atoms with E-state index in [4.69, 9.17) is 9.15 Å². The van der Waals surface area contributed by atoms with Gasteiger partial charge in [-0.05, 0) is 30.5 Å². The molecule has 1 saturated heterocycles. The maximum Gasteiger partial charge on any atom is 0.263 e. The zero-order chi connectivity index (χ0) is 17.2. The molecule has 0 aliphatic carbocycles. The van der Waals surface area contributed by atoms with Gasteiger partial charge in [0.2, 0.25) is 10.0 Å². The first-order valence-electron chi connectivity index (χ1n) is 7.50. The van der Waals surface area contributed by atoms with E-state index in [9.17, 15) is 13.2 Å². The summed E-state index contributed by atoms with van der Waals surface area (Å²) in [6, 6.07) is 4.61. The van der Waals surface area contributed by atoms with Crippen LogP contribution >= 0.6 is 11.3 Å². The quantitative estimate of drug-likeness (QED) is 0.868. The maximum absolute atomic E-state index is 12.8. The van der Waals surface area contributed by atoms with Crippen molar-refractivity contribution < 1.29 is 22.4 Å². The Morgan fingerprint density at radius 2 is 2.08 bits per heavy atom. The summed E-state index contributed by atoms with van der Waals surface area (Å²) in [5.41, 5.74) is 0. The number of carbonyl (C=O) groups is 1. The molecule has 0 radical (unpaired) electrons. The van der Waals surface area contributed by atoms with Gasteiger partial charge in [0.1, 0.15) is 15.5 Å². The van der Waals surface area contributed by atoms with Crippen LogP contribution in [0, 0.1) is 0 Å². The third-order valence-electron chi connectivity index (χ3n) is 3.74. The summed E-state index contributed by atoms with van der Waals surface area (Å²) in [6.45, 7) is 3.09. The molecule has 9 heteroatoms. The molecule has 0 bridgehead atoms. The highest BCUT2D eigenvalue weighted by Crippen LogP contribution is 2.26. The number of furan rings is 1. The second kappa shape index (κ2) is 7.06. The van der Waals surface area contributed by atoms with E-state index in [-0.39, 0.29) is 15.8 Å². The van der Waals surface area contributed by atoms with Crippen LogP contribution in [-0.4, -0.2) is 44.9 Å². The summed E-state index contributed by atoms with van der Waals surface area (Å²) < 4.78 is 37.3. The van der Waals surface area contributed by atoms with Gasteiger partial charge >= 0.3 is 0 Å². The SMILES string of the molecule is C[C@@H](NC(=O)c1sccc1S(=O)(=O)N1CCOCC1)c1ccco1. The summed E-state index contributed by atoms with van der Waals surface area (Å²) in [7, 11) is -3.70. The van der Waals surface area contributed by atoms with Gasteiger partial charge in [-0.2, -0.15) is 4.31 Å². The first kappa shape index (κ1) is 17.2. The number of sulfonamides is 1. The summed E-state index contributed by atoms with van der Waals surface area (Å²) in [4.78, 5) is 12.7. The van der Waals surface area contributed by atoms with E-state index in [1.54, 1.807) is 24.4 Å². The predicted molar refractivity (Wildman–Crippen MR) is 88.5 cm³/mol. The van der Waals surface area contributed by atoms with E-state index in [0.717, 1.165) is 11.3 Å². The van der Waals surface area contributed by atoms with Crippen LogP contribution in [0.1, 0.15) is 28.4 Å². The molecule has 1 amide bonds. The molecule has 0 aromatic carbocycles. The fraction of sp³-hybridized carbons (Fsp3) is 0.400. The zero-order valence-corrected chi connectivity index (χ0v) is 14.7. The monoisotopic (exact) mass is 370 g/mol. The normalized spacial score (nSPS) is 17.5. The number of thiophene rings is 1. The fourth-order valence-corrected chi connectivity index (χ4v) is 5.17. The molecule has 0 saturated carbocycles.